The van der Waals surface area contributed by atoms with Crippen molar-refractivity contribution < 1.29 is 9.31 Å². The molecule has 0 atom stereocenters. The van der Waals surface area contributed by atoms with Crippen LogP contribution in [0.3, 0.4) is 0 Å². The Labute approximate surface area is 115 Å². The van der Waals surface area contributed by atoms with Gasteiger partial charge in [0.1, 0.15) is 0 Å². The summed E-state index contributed by atoms with van der Waals surface area (Å²) < 4.78 is 12.2. The molecule has 0 unspecified atom stereocenters. The highest BCUT2D eigenvalue weighted by Gasteiger charge is 2.51. The monoisotopic (exact) mass is 260 g/mol. The summed E-state index contributed by atoms with van der Waals surface area (Å²) in [4.78, 5) is 0. The summed E-state index contributed by atoms with van der Waals surface area (Å²) in [6.07, 6.45) is 0. The summed E-state index contributed by atoms with van der Waals surface area (Å²) in [7, 11) is 1.75. The van der Waals surface area contributed by atoms with Crippen LogP contribution in [0.2, 0.25) is 0 Å². The summed E-state index contributed by atoms with van der Waals surface area (Å²) in [6.45, 7) is 9.18. The zero-order valence-electron chi connectivity index (χ0n) is 12.3. The van der Waals surface area contributed by atoms with Crippen LogP contribution in [0.25, 0.3) is 0 Å². The Morgan fingerprint density at radius 2 is 1.79 bits per heavy atom. The smallest absolute Gasteiger partial charge is 0.399 e. The topological polar surface area (TPSA) is 33.7 Å². The average Bonchev–Trinajstić information content (AvgIpc) is 2.78. The van der Waals surface area contributed by atoms with E-state index in [2.05, 4.69) is 51.3 Å². The van der Waals surface area contributed by atoms with Crippen LogP contribution in [0.1, 0.15) is 33.3 Å². The van der Waals surface area contributed by atoms with Crippen molar-refractivity contribution in [3.05, 3.63) is 23.8 Å². The normalized spacial score (nSPS) is 23.8. The highest BCUT2D eigenvalue weighted by atomic mass is 16.7. The Balaban J connectivity index is 1.89. The quantitative estimate of drug-likeness (QED) is 0.775. The van der Waals surface area contributed by atoms with E-state index >= 15 is 0 Å². The molecule has 102 valence electrons. The third-order valence-electron chi connectivity index (χ3n) is 4.50. The number of benzene rings is 1. The van der Waals surface area contributed by atoms with Crippen LogP contribution < -0.4 is 15.9 Å². The van der Waals surface area contributed by atoms with Gasteiger partial charge in [0.05, 0.1) is 16.9 Å². The number of hydrogen-bond acceptors (Lipinski definition) is 4. The van der Waals surface area contributed by atoms with E-state index in [1.807, 2.05) is 12.1 Å². The summed E-state index contributed by atoms with van der Waals surface area (Å²) in [5, 5.41) is 2.04. The lowest BCUT2D eigenvalue weighted by Gasteiger charge is -2.32. The maximum absolute atomic E-state index is 6.08. The largest absolute Gasteiger partial charge is 0.494 e. The standard InChI is InChI=1S/C14H21BN2O2/c1-13(2)14(3,4)19-15(18-13)11-6-7-12-10(8-11)9-16-17(12)5/h6-8,16H,9H2,1-5H3. The van der Waals surface area contributed by atoms with Gasteiger partial charge in [0.25, 0.3) is 0 Å². The minimum atomic E-state index is -0.286. The molecule has 2 aliphatic rings. The van der Waals surface area contributed by atoms with Crippen molar-refractivity contribution in [3.63, 3.8) is 0 Å². The lowest BCUT2D eigenvalue weighted by atomic mass is 9.78. The zero-order valence-corrected chi connectivity index (χ0v) is 12.3. The van der Waals surface area contributed by atoms with Gasteiger partial charge in [0.15, 0.2) is 0 Å². The van der Waals surface area contributed by atoms with E-state index in [1.165, 1.54) is 11.3 Å². The van der Waals surface area contributed by atoms with Crippen molar-refractivity contribution in [1.29, 1.82) is 0 Å². The Hall–Kier alpha value is -1.04. The van der Waals surface area contributed by atoms with Crippen molar-refractivity contribution in [3.8, 4) is 0 Å². The van der Waals surface area contributed by atoms with E-state index in [-0.39, 0.29) is 18.3 Å². The molecule has 5 heteroatoms. The molecule has 19 heavy (non-hydrogen) atoms. The number of hydrazine groups is 1. The molecule has 1 aromatic rings. The molecule has 1 aromatic carbocycles. The molecule has 0 spiro atoms. The second-order valence-corrected chi connectivity index (χ2v) is 6.37. The van der Waals surface area contributed by atoms with E-state index in [0.717, 1.165) is 12.0 Å². The number of fused-ring (bicyclic) bond motifs is 1. The molecule has 0 bridgehead atoms. The Kier molecular flexibility index (Phi) is 2.72. The fourth-order valence-electron chi connectivity index (χ4n) is 2.49. The Bertz CT molecular complexity index is 500. The van der Waals surface area contributed by atoms with Crippen molar-refractivity contribution in [2.75, 3.05) is 12.1 Å². The molecule has 3 rings (SSSR count). The second kappa shape index (κ2) is 3.98. The molecular formula is C14H21BN2O2. The molecule has 1 N–H and O–H groups in total. The molecule has 0 aromatic heterocycles. The summed E-state index contributed by atoms with van der Waals surface area (Å²) >= 11 is 0. The average molecular weight is 260 g/mol. The third-order valence-corrected chi connectivity index (χ3v) is 4.50. The van der Waals surface area contributed by atoms with Crippen LogP contribution in [0.15, 0.2) is 18.2 Å². The van der Waals surface area contributed by atoms with Crippen molar-refractivity contribution in [2.24, 2.45) is 0 Å². The lowest BCUT2D eigenvalue weighted by Crippen LogP contribution is -2.41. The first kappa shape index (κ1) is 13.0. The van der Waals surface area contributed by atoms with E-state index in [9.17, 15) is 0 Å². The first-order valence-corrected chi connectivity index (χ1v) is 6.76. The fraction of sp³-hybridized carbons (Fsp3) is 0.571. The van der Waals surface area contributed by atoms with Crippen LogP contribution in [0.4, 0.5) is 5.69 Å². The van der Waals surface area contributed by atoms with Crippen molar-refractivity contribution in [1.82, 2.24) is 5.43 Å². The van der Waals surface area contributed by atoms with Gasteiger partial charge in [0.2, 0.25) is 0 Å². The molecule has 2 aliphatic heterocycles. The van der Waals surface area contributed by atoms with Gasteiger partial charge in [0, 0.05) is 13.6 Å². The molecule has 4 nitrogen and oxygen atoms in total. The molecule has 0 aliphatic carbocycles. The number of rotatable bonds is 1. The fourth-order valence-corrected chi connectivity index (χ4v) is 2.49. The molecule has 1 fully saturated rings. The van der Waals surface area contributed by atoms with Crippen LogP contribution in [0, 0.1) is 0 Å². The van der Waals surface area contributed by atoms with Gasteiger partial charge in [-0.3, -0.25) is 0 Å². The predicted molar refractivity (Wildman–Crippen MR) is 77.4 cm³/mol. The van der Waals surface area contributed by atoms with Crippen LogP contribution in [0.5, 0.6) is 0 Å². The van der Waals surface area contributed by atoms with Gasteiger partial charge in [-0.1, -0.05) is 12.1 Å². The van der Waals surface area contributed by atoms with Crippen LogP contribution in [-0.4, -0.2) is 25.4 Å². The van der Waals surface area contributed by atoms with Gasteiger partial charge in [-0.25, -0.2) is 5.43 Å². The third kappa shape index (κ3) is 1.97. The first-order valence-electron chi connectivity index (χ1n) is 6.76. The minimum Gasteiger partial charge on any atom is -0.399 e. The van der Waals surface area contributed by atoms with Gasteiger partial charge in [-0.15, -0.1) is 0 Å². The number of nitrogens with zero attached hydrogens (tertiary/aromatic N) is 1. The molecule has 0 amide bonds. The van der Waals surface area contributed by atoms with E-state index < -0.39 is 0 Å². The highest BCUT2D eigenvalue weighted by molar-refractivity contribution is 6.62. The van der Waals surface area contributed by atoms with Crippen molar-refractivity contribution >= 4 is 18.3 Å². The zero-order chi connectivity index (χ0) is 13.8. The van der Waals surface area contributed by atoms with E-state index in [1.54, 1.807) is 0 Å². The molecule has 0 saturated carbocycles. The maximum atomic E-state index is 6.08. The lowest BCUT2D eigenvalue weighted by molar-refractivity contribution is 0.00578. The molecule has 0 radical (unpaired) electrons. The molecule has 1 saturated heterocycles. The molecular weight excluding hydrogens is 239 g/mol. The van der Waals surface area contributed by atoms with Crippen LogP contribution in [-0.2, 0) is 15.9 Å². The summed E-state index contributed by atoms with van der Waals surface area (Å²) in [6, 6.07) is 6.38. The maximum Gasteiger partial charge on any atom is 0.494 e. The van der Waals surface area contributed by atoms with Gasteiger partial charge >= 0.3 is 7.12 Å². The molecule has 2 heterocycles. The van der Waals surface area contributed by atoms with E-state index in [0.29, 0.717) is 0 Å². The first-order chi connectivity index (χ1) is 8.80. The number of hydrogen-bond donors (Lipinski definition) is 1. The Morgan fingerprint density at radius 3 is 2.42 bits per heavy atom. The minimum absolute atomic E-state index is 0.277. The SMILES string of the molecule is CN1NCc2cc(B3OC(C)(C)C(C)(C)O3)ccc21. The van der Waals surface area contributed by atoms with Gasteiger partial charge in [-0.2, -0.15) is 0 Å². The van der Waals surface area contributed by atoms with Gasteiger partial charge in [-0.05, 0) is 44.8 Å². The second-order valence-electron chi connectivity index (χ2n) is 6.37. The predicted octanol–water partition coefficient (Wildman–Crippen LogP) is 1.44. The highest BCUT2D eigenvalue weighted by Crippen LogP contribution is 2.36. The Morgan fingerprint density at radius 1 is 1.16 bits per heavy atom. The summed E-state index contributed by atoms with van der Waals surface area (Å²) in [5.41, 5.74) is 6.32. The number of nitrogens with one attached hydrogen (secondary N) is 1. The van der Waals surface area contributed by atoms with Gasteiger partial charge < -0.3 is 14.3 Å². The van der Waals surface area contributed by atoms with Crippen molar-refractivity contribution in [2.45, 2.75) is 45.4 Å². The van der Waals surface area contributed by atoms with E-state index in [4.69, 9.17) is 9.31 Å². The number of anilines is 1. The van der Waals surface area contributed by atoms with Crippen LogP contribution >= 0.6 is 0 Å². The summed E-state index contributed by atoms with van der Waals surface area (Å²) in [5.74, 6) is 0.